The fraction of sp³-hybridized carbons (Fsp3) is 0.429. The Morgan fingerprint density at radius 1 is 1.27 bits per heavy atom. The molecule has 11 heavy (non-hydrogen) atoms. The number of ketones is 1. The minimum Gasteiger partial charge on any atom is -0.875 e. The number of rotatable bonds is 2. The third kappa shape index (κ3) is 2.41. The van der Waals surface area contributed by atoms with Crippen LogP contribution < -0.4 is 5.11 Å². The van der Waals surface area contributed by atoms with Gasteiger partial charge in [0.1, 0.15) is 0 Å². The fourth-order valence-corrected chi connectivity index (χ4v) is 0.637. The molecule has 0 amide bonds. The Kier molecular flexibility index (Phi) is 3.30. The molecule has 0 aromatic heterocycles. The van der Waals surface area contributed by atoms with E-state index in [1.807, 2.05) is 0 Å². The molecule has 0 aliphatic rings. The molecule has 0 unspecified atom stereocenters. The maximum absolute atomic E-state index is 10.7. The van der Waals surface area contributed by atoms with Gasteiger partial charge in [0.2, 0.25) is 0 Å². The zero-order valence-corrected chi connectivity index (χ0v) is 6.63. The molecule has 62 valence electrons. The van der Waals surface area contributed by atoms with Crippen LogP contribution in [0.2, 0.25) is 0 Å². The lowest BCUT2D eigenvalue weighted by atomic mass is 10.1. The van der Waals surface area contributed by atoms with Crippen LogP contribution in [0, 0.1) is 0 Å². The zero-order chi connectivity index (χ0) is 9.02. The number of hydrogen-bond acceptors (Lipinski definition) is 4. The molecule has 0 heterocycles. The van der Waals surface area contributed by atoms with Gasteiger partial charge in [-0.25, -0.2) is 4.79 Å². The lowest BCUT2D eigenvalue weighted by molar-refractivity contribution is -0.303. The number of hydrogen-bond donors (Lipinski definition) is 0. The molecular formula is C7H9O4-. The predicted molar refractivity (Wildman–Crippen MR) is 35.4 cm³/mol. The summed E-state index contributed by atoms with van der Waals surface area (Å²) in [7, 11) is 1.12. The fourth-order valence-electron chi connectivity index (χ4n) is 0.637. The Balaban J connectivity index is 4.79. The average Bonchev–Trinajstić information content (AvgIpc) is 1.85. The van der Waals surface area contributed by atoms with Crippen molar-refractivity contribution >= 4 is 11.8 Å². The van der Waals surface area contributed by atoms with Crippen LogP contribution in [-0.2, 0) is 14.3 Å². The van der Waals surface area contributed by atoms with Gasteiger partial charge in [-0.2, -0.15) is 0 Å². The number of allylic oxidation sites excluding steroid dienone is 1. The van der Waals surface area contributed by atoms with Gasteiger partial charge in [-0.3, -0.25) is 4.79 Å². The van der Waals surface area contributed by atoms with E-state index >= 15 is 0 Å². The van der Waals surface area contributed by atoms with E-state index in [4.69, 9.17) is 0 Å². The second-order valence-electron chi connectivity index (χ2n) is 1.98. The summed E-state index contributed by atoms with van der Waals surface area (Å²) in [6.45, 7) is 2.29. The monoisotopic (exact) mass is 157 g/mol. The maximum atomic E-state index is 10.7. The van der Waals surface area contributed by atoms with Gasteiger partial charge < -0.3 is 9.84 Å². The van der Waals surface area contributed by atoms with Crippen LogP contribution in [0.1, 0.15) is 13.8 Å². The van der Waals surface area contributed by atoms with Gasteiger partial charge in [0.15, 0.2) is 5.78 Å². The molecule has 0 fully saturated rings. The van der Waals surface area contributed by atoms with Crippen molar-refractivity contribution in [3.8, 4) is 0 Å². The first-order valence-corrected chi connectivity index (χ1v) is 2.97. The summed E-state index contributed by atoms with van der Waals surface area (Å²) in [5.41, 5.74) is -0.410. The molecule has 0 saturated heterocycles. The van der Waals surface area contributed by atoms with E-state index < -0.39 is 23.1 Å². The summed E-state index contributed by atoms with van der Waals surface area (Å²) < 4.78 is 4.22. The van der Waals surface area contributed by atoms with Crippen molar-refractivity contribution in [3.05, 3.63) is 11.3 Å². The molecule has 0 aromatic carbocycles. The summed E-state index contributed by atoms with van der Waals surface area (Å²) in [6.07, 6.45) is 0. The highest BCUT2D eigenvalue weighted by atomic mass is 16.5. The van der Waals surface area contributed by atoms with E-state index in [-0.39, 0.29) is 0 Å². The SMILES string of the molecule is COC(=O)/C(C(C)=O)=C(/C)[O-]. The van der Waals surface area contributed by atoms with Gasteiger partial charge in [-0.05, 0) is 6.92 Å². The molecule has 0 spiro atoms. The van der Waals surface area contributed by atoms with Crippen molar-refractivity contribution in [2.45, 2.75) is 13.8 Å². The number of Topliss-reactive ketones (excluding diaryl/α,β-unsaturated/α-hetero) is 1. The Morgan fingerprint density at radius 2 is 1.73 bits per heavy atom. The Bertz CT molecular complexity index is 210. The summed E-state index contributed by atoms with van der Waals surface area (Å²) in [5, 5.41) is 10.6. The van der Waals surface area contributed by atoms with Crippen LogP contribution in [0.25, 0.3) is 0 Å². The number of ether oxygens (including phenoxy) is 1. The predicted octanol–water partition coefficient (Wildman–Crippen LogP) is -0.617. The van der Waals surface area contributed by atoms with Crippen LogP contribution in [-0.4, -0.2) is 18.9 Å². The smallest absolute Gasteiger partial charge is 0.340 e. The van der Waals surface area contributed by atoms with Gasteiger partial charge in [-0.1, -0.05) is 6.92 Å². The van der Waals surface area contributed by atoms with Crippen LogP contribution in [0.4, 0.5) is 0 Å². The highest BCUT2D eigenvalue weighted by Crippen LogP contribution is 2.01. The van der Waals surface area contributed by atoms with Crippen LogP contribution in [0.3, 0.4) is 0 Å². The van der Waals surface area contributed by atoms with Crippen LogP contribution in [0.5, 0.6) is 0 Å². The van der Waals surface area contributed by atoms with E-state index in [1.165, 1.54) is 0 Å². The molecule has 0 atom stereocenters. The summed E-state index contributed by atoms with van der Waals surface area (Å²) in [6, 6.07) is 0. The lowest BCUT2D eigenvalue weighted by Crippen LogP contribution is -2.18. The van der Waals surface area contributed by atoms with Crippen molar-refractivity contribution < 1.29 is 19.4 Å². The van der Waals surface area contributed by atoms with Crippen LogP contribution in [0.15, 0.2) is 11.3 Å². The third-order valence-electron chi connectivity index (χ3n) is 1.09. The van der Waals surface area contributed by atoms with Gasteiger partial charge in [-0.15, -0.1) is 5.76 Å². The highest BCUT2D eigenvalue weighted by molar-refractivity contribution is 6.16. The van der Waals surface area contributed by atoms with E-state index in [0.29, 0.717) is 0 Å². The van der Waals surface area contributed by atoms with Crippen molar-refractivity contribution in [3.63, 3.8) is 0 Å². The maximum Gasteiger partial charge on any atom is 0.340 e. The second-order valence-corrected chi connectivity index (χ2v) is 1.98. The van der Waals surface area contributed by atoms with Crippen LogP contribution >= 0.6 is 0 Å². The van der Waals surface area contributed by atoms with E-state index in [2.05, 4.69) is 4.74 Å². The standard InChI is InChI=1S/C7H10O4/c1-4(8)6(5(2)9)7(10)11-3/h8H,1-3H3/p-1/b6-4-. The summed E-state index contributed by atoms with van der Waals surface area (Å²) >= 11 is 0. The largest absolute Gasteiger partial charge is 0.875 e. The highest BCUT2D eigenvalue weighted by Gasteiger charge is 2.13. The molecule has 0 aromatic rings. The van der Waals surface area contributed by atoms with E-state index in [0.717, 1.165) is 21.0 Å². The topological polar surface area (TPSA) is 66.4 Å². The van der Waals surface area contributed by atoms with Crippen molar-refractivity contribution in [1.82, 2.24) is 0 Å². The molecule has 4 heteroatoms. The Labute approximate surface area is 64.5 Å². The summed E-state index contributed by atoms with van der Waals surface area (Å²) in [4.78, 5) is 21.3. The van der Waals surface area contributed by atoms with E-state index in [9.17, 15) is 14.7 Å². The molecule has 0 bridgehead atoms. The molecule has 0 rings (SSSR count). The molecular weight excluding hydrogens is 148 g/mol. The van der Waals surface area contributed by atoms with E-state index in [1.54, 1.807) is 0 Å². The number of methoxy groups -OCH3 is 1. The average molecular weight is 157 g/mol. The molecule has 0 aliphatic heterocycles. The molecule has 4 nitrogen and oxygen atoms in total. The van der Waals surface area contributed by atoms with Crippen molar-refractivity contribution in [2.75, 3.05) is 7.11 Å². The van der Waals surface area contributed by atoms with Crippen molar-refractivity contribution in [2.24, 2.45) is 0 Å². The number of esters is 1. The lowest BCUT2D eigenvalue weighted by Gasteiger charge is -2.09. The number of carbonyl (C=O) groups excluding carboxylic acids is 2. The first-order chi connectivity index (χ1) is 5.00. The first-order valence-electron chi connectivity index (χ1n) is 2.97. The minimum atomic E-state index is -0.870. The van der Waals surface area contributed by atoms with Gasteiger partial charge in [0.25, 0.3) is 0 Å². The van der Waals surface area contributed by atoms with Gasteiger partial charge >= 0.3 is 5.97 Å². The zero-order valence-electron chi connectivity index (χ0n) is 6.63. The number of carbonyl (C=O) groups is 2. The van der Waals surface area contributed by atoms with Gasteiger partial charge in [0, 0.05) is 0 Å². The van der Waals surface area contributed by atoms with Gasteiger partial charge in [0.05, 0.1) is 12.7 Å². The first kappa shape index (κ1) is 9.68. The van der Waals surface area contributed by atoms with Crippen molar-refractivity contribution in [1.29, 1.82) is 0 Å². The molecule has 0 saturated carbocycles. The minimum absolute atomic E-state index is 0.410. The molecule has 0 aliphatic carbocycles. The normalized spacial score (nSPS) is 11.9. The Hall–Kier alpha value is -1.32. The molecule has 0 radical (unpaired) electrons. The quantitative estimate of drug-likeness (QED) is 0.176. The Morgan fingerprint density at radius 3 is 1.82 bits per heavy atom. The second kappa shape index (κ2) is 3.75. The molecule has 0 N–H and O–H groups in total. The summed E-state index contributed by atoms with van der Waals surface area (Å²) in [5.74, 6) is -2.00. The third-order valence-corrected chi connectivity index (χ3v) is 1.09.